The summed E-state index contributed by atoms with van der Waals surface area (Å²) in [5.74, 6) is 1.55. The topological polar surface area (TPSA) is 136 Å². The number of aryl methyl sites for hydroxylation is 3. The predicted octanol–water partition coefficient (Wildman–Crippen LogP) is 4.68. The van der Waals surface area contributed by atoms with Gasteiger partial charge in [-0.2, -0.15) is 4.98 Å². The molecule has 5 aromatic rings. The zero-order chi connectivity index (χ0) is 37.6. The van der Waals surface area contributed by atoms with Gasteiger partial charge >= 0.3 is 11.7 Å². The maximum Gasteiger partial charge on any atom is 0.332 e. The first-order valence-electron chi connectivity index (χ1n) is 17.8. The molecular formula is C39H43ClN9O4+. The summed E-state index contributed by atoms with van der Waals surface area (Å²) >= 11 is 7.33. The maximum absolute atomic E-state index is 13.6. The summed E-state index contributed by atoms with van der Waals surface area (Å²) in [5.41, 5.74) is 6.67. The Hall–Kier alpha value is -5.11. The number of fused-ring (bicyclic) bond motifs is 2. The lowest BCUT2D eigenvalue weighted by Gasteiger charge is -2.30. The molecule has 2 fully saturated rings. The van der Waals surface area contributed by atoms with Gasteiger partial charge in [-0.25, -0.2) is 24.0 Å². The second kappa shape index (κ2) is 12.5. The molecule has 0 unspecified atom stereocenters. The number of pyridine rings is 1. The minimum absolute atomic E-state index is 0.0953. The van der Waals surface area contributed by atoms with Crippen molar-refractivity contribution >= 4 is 40.2 Å². The molecule has 3 aromatic heterocycles. The van der Waals surface area contributed by atoms with Gasteiger partial charge in [0.1, 0.15) is 11.5 Å². The third kappa shape index (κ3) is 5.43. The first-order chi connectivity index (χ1) is 25.2. The summed E-state index contributed by atoms with van der Waals surface area (Å²) in [7, 11) is 8.71. The van der Waals surface area contributed by atoms with E-state index < -0.39 is 11.2 Å². The molecule has 53 heavy (non-hydrogen) atoms. The number of urea groups is 1. The van der Waals surface area contributed by atoms with Crippen LogP contribution in [-0.2, 0) is 20.5 Å². The van der Waals surface area contributed by atoms with Crippen LogP contribution >= 0.6 is 11.6 Å². The highest BCUT2D eigenvalue weighted by Crippen LogP contribution is 2.47. The van der Waals surface area contributed by atoms with E-state index in [-0.39, 0.29) is 22.1 Å². The number of aromatic nitrogens is 5. The van der Waals surface area contributed by atoms with E-state index in [2.05, 4.69) is 26.6 Å². The lowest BCUT2D eigenvalue weighted by Crippen LogP contribution is -2.46. The van der Waals surface area contributed by atoms with Crippen molar-refractivity contribution < 1.29 is 9.53 Å². The molecule has 0 bridgehead atoms. The maximum atomic E-state index is 13.6. The van der Waals surface area contributed by atoms with Gasteiger partial charge in [-0.05, 0) is 56.4 Å². The van der Waals surface area contributed by atoms with Crippen LogP contribution in [0.1, 0.15) is 41.4 Å². The van der Waals surface area contributed by atoms with Gasteiger partial charge in [0.25, 0.3) is 11.4 Å². The van der Waals surface area contributed by atoms with Gasteiger partial charge in [0.05, 0.1) is 37.5 Å². The standard InChI is InChI=1S/C39H42ClN9O4/c1-21-24(10-9-13-29(21)49(5,6)34-31-33(42-22(2)43-34)46(3)38(52)47(4)36(31)50)25-11-8-12-26(32(25)40)27-18-23-14-15-28(30(23)35(44-27)53-7)48-17-16-39(20-48)19-41-37(51)45-39/h8-13,18,28H,14-17,19-20H2,1-7H3,(H-,41,45,51)/p+1/t28-,39-/m1/s1. The van der Waals surface area contributed by atoms with Crippen molar-refractivity contribution in [3.05, 3.63) is 90.8 Å². The molecule has 2 aliphatic heterocycles. The van der Waals surface area contributed by atoms with Crippen LogP contribution in [0.4, 0.5) is 16.3 Å². The molecule has 2 N–H and O–H groups in total. The SMILES string of the molecule is COc1nc(-c2cccc(-c3cccc([N+](C)(C)c4nc(C)nc5c4c(=O)n(C)c(=O)n5C)c3C)c2Cl)cc2c1[C@H](N1CC[C@@]3(CNC(=O)N3)C1)CC2. The van der Waals surface area contributed by atoms with Crippen molar-refractivity contribution in [2.24, 2.45) is 14.1 Å². The van der Waals surface area contributed by atoms with Gasteiger partial charge in [-0.15, -0.1) is 0 Å². The van der Waals surface area contributed by atoms with Crippen LogP contribution in [0.5, 0.6) is 5.88 Å². The summed E-state index contributed by atoms with van der Waals surface area (Å²) < 4.78 is 8.57. The molecule has 2 atom stereocenters. The third-order valence-corrected chi connectivity index (χ3v) is 11.9. The fourth-order valence-corrected chi connectivity index (χ4v) is 9.09. The van der Waals surface area contributed by atoms with Crippen molar-refractivity contribution in [1.29, 1.82) is 0 Å². The number of quaternary nitrogens is 1. The minimum atomic E-state index is -0.447. The molecule has 8 rings (SSSR count). The number of halogens is 1. The Bertz CT molecular complexity index is 2490. The fourth-order valence-electron chi connectivity index (χ4n) is 8.76. The number of ether oxygens (including phenoxy) is 1. The molecule has 13 nitrogen and oxygen atoms in total. The highest BCUT2D eigenvalue weighted by atomic mass is 35.5. The van der Waals surface area contributed by atoms with Gasteiger partial charge in [-0.3, -0.25) is 18.8 Å². The minimum Gasteiger partial charge on any atom is -0.481 e. The van der Waals surface area contributed by atoms with E-state index in [9.17, 15) is 14.4 Å². The summed E-state index contributed by atoms with van der Waals surface area (Å²) in [6.45, 7) is 6.12. The zero-order valence-electron chi connectivity index (χ0n) is 31.0. The molecule has 2 aromatic carbocycles. The summed E-state index contributed by atoms with van der Waals surface area (Å²) in [6, 6.07) is 14.2. The number of benzene rings is 2. The molecule has 0 saturated carbocycles. The third-order valence-electron chi connectivity index (χ3n) is 11.5. The molecule has 5 heterocycles. The highest BCUT2D eigenvalue weighted by molar-refractivity contribution is 6.36. The first kappa shape index (κ1) is 34.9. The molecule has 2 amide bonds. The fraction of sp³-hybridized carbons (Fsp3) is 0.385. The van der Waals surface area contributed by atoms with E-state index in [1.165, 1.54) is 17.2 Å². The lowest BCUT2D eigenvalue weighted by atomic mass is 9.95. The molecule has 0 radical (unpaired) electrons. The largest absolute Gasteiger partial charge is 0.481 e. The number of nitrogens with zero attached hydrogens (tertiary/aromatic N) is 7. The highest BCUT2D eigenvalue weighted by Gasteiger charge is 2.47. The first-order valence-corrected chi connectivity index (χ1v) is 18.2. The van der Waals surface area contributed by atoms with Gasteiger partial charge in [-0.1, -0.05) is 41.9 Å². The van der Waals surface area contributed by atoms with E-state index in [0.717, 1.165) is 76.1 Å². The number of nitrogens with one attached hydrogen (secondary N) is 2. The second-order valence-electron chi connectivity index (χ2n) is 15.0. The molecular weight excluding hydrogens is 694 g/mol. The van der Waals surface area contributed by atoms with Crippen LogP contribution in [0.25, 0.3) is 33.4 Å². The summed E-state index contributed by atoms with van der Waals surface area (Å²) in [6.07, 6.45) is 2.74. The predicted molar refractivity (Wildman–Crippen MR) is 206 cm³/mol. The van der Waals surface area contributed by atoms with Crippen molar-refractivity contribution in [2.75, 3.05) is 40.8 Å². The summed E-state index contributed by atoms with van der Waals surface area (Å²) in [5, 5.41) is 6.94. The van der Waals surface area contributed by atoms with Gasteiger partial charge in [0, 0.05) is 62.0 Å². The number of carbonyl (C=O) groups excluding carboxylic acids is 1. The number of methoxy groups -OCH3 is 1. The Morgan fingerprint density at radius 3 is 2.45 bits per heavy atom. The smallest absolute Gasteiger partial charge is 0.332 e. The Labute approximate surface area is 311 Å². The van der Waals surface area contributed by atoms with E-state index in [0.29, 0.717) is 40.1 Å². The lowest BCUT2D eigenvalue weighted by molar-refractivity contribution is 0.219. The Kier molecular flexibility index (Phi) is 8.24. The monoisotopic (exact) mass is 736 g/mol. The molecule has 1 spiro atoms. The van der Waals surface area contributed by atoms with E-state index in [4.69, 9.17) is 26.3 Å². The van der Waals surface area contributed by atoms with Crippen LogP contribution in [0, 0.1) is 13.8 Å². The van der Waals surface area contributed by atoms with E-state index in [1.54, 1.807) is 21.1 Å². The van der Waals surface area contributed by atoms with Crippen LogP contribution in [-0.4, -0.2) is 81.4 Å². The molecule has 1 aliphatic carbocycles. The van der Waals surface area contributed by atoms with Crippen LogP contribution in [0.3, 0.4) is 0 Å². The molecule has 14 heteroatoms. The average Bonchev–Trinajstić information content (AvgIpc) is 3.86. The van der Waals surface area contributed by atoms with Crippen molar-refractivity contribution in [3.8, 4) is 28.3 Å². The normalized spacial score (nSPS) is 19.9. The van der Waals surface area contributed by atoms with Crippen molar-refractivity contribution in [2.45, 2.75) is 44.7 Å². The van der Waals surface area contributed by atoms with Crippen LogP contribution < -0.4 is 31.1 Å². The van der Waals surface area contributed by atoms with Gasteiger partial charge < -0.3 is 15.4 Å². The Balaban J connectivity index is 1.18. The number of hydrogen-bond donors (Lipinski definition) is 2. The quantitative estimate of drug-likeness (QED) is 0.240. The number of amides is 2. The number of likely N-dealkylation sites (tertiary alicyclic amines) is 1. The van der Waals surface area contributed by atoms with Gasteiger partial charge in [0.2, 0.25) is 5.88 Å². The van der Waals surface area contributed by atoms with Crippen LogP contribution in [0.2, 0.25) is 5.02 Å². The molecule has 3 aliphatic rings. The Morgan fingerprint density at radius 1 is 0.981 bits per heavy atom. The molecule has 2 saturated heterocycles. The van der Waals surface area contributed by atoms with E-state index >= 15 is 0 Å². The Morgan fingerprint density at radius 2 is 1.72 bits per heavy atom. The molecule has 274 valence electrons. The van der Waals surface area contributed by atoms with Crippen LogP contribution in [0.15, 0.2) is 52.1 Å². The average molecular weight is 737 g/mol. The second-order valence-corrected chi connectivity index (χ2v) is 15.4. The number of hydrogen-bond acceptors (Lipinski definition) is 8. The van der Waals surface area contributed by atoms with E-state index in [1.807, 2.05) is 57.4 Å². The number of carbonyl (C=O) groups is 1. The van der Waals surface area contributed by atoms with Crippen molar-refractivity contribution in [1.82, 2.24) is 44.1 Å². The zero-order valence-corrected chi connectivity index (χ0v) is 31.8. The van der Waals surface area contributed by atoms with Gasteiger partial charge in [0.15, 0.2) is 11.0 Å². The summed E-state index contributed by atoms with van der Waals surface area (Å²) in [4.78, 5) is 55.1. The number of rotatable bonds is 6. The van der Waals surface area contributed by atoms with Crippen molar-refractivity contribution in [3.63, 3.8) is 0 Å².